The highest BCUT2D eigenvalue weighted by Gasteiger charge is 2.13. The van der Waals surface area contributed by atoms with Crippen molar-refractivity contribution < 1.29 is 9.52 Å². The molecular weight excluding hydrogens is 264 g/mol. The van der Waals surface area contributed by atoms with Crippen LogP contribution in [-0.2, 0) is 0 Å². The third-order valence-electron chi connectivity index (χ3n) is 2.88. The summed E-state index contributed by atoms with van der Waals surface area (Å²) in [6.07, 6.45) is 1.32. The second-order valence-corrected chi connectivity index (χ2v) is 4.45. The van der Waals surface area contributed by atoms with E-state index in [1.165, 1.54) is 18.4 Å². The van der Waals surface area contributed by atoms with Crippen molar-refractivity contribution in [2.45, 2.75) is 0 Å². The normalized spacial score (nSPS) is 10.8. The highest BCUT2D eigenvalue weighted by Crippen LogP contribution is 2.29. The molecule has 3 aromatic rings. The van der Waals surface area contributed by atoms with Gasteiger partial charge in [-0.3, -0.25) is 4.79 Å². The fourth-order valence-corrected chi connectivity index (χ4v) is 2.21. The number of aromatic hydroxyl groups is 1. The summed E-state index contributed by atoms with van der Waals surface area (Å²) >= 11 is 6.01. The molecule has 0 saturated carbocycles. The lowest BCUT2D eigenvalue weighted by molar-refractivity contribution is 0.477. The van der Waals surface area contributed by atoms with Crippen LogP contribution in [0.5, 0.6) is 5.75 Å². The van der Waals surface area contributed by atoms with Crippen molar-refractivity contribution in [2.24, 2.45) is 0 Å². The number of fused-ring (bicyclic) bond motifs is 1. The molecular formula is C15H8ClO3. The predicted octanol–water partition coefficient (Wildman–Crippen LogP) is 3.62. The maximum absolute atomic E-state index is 12.4. The summed E-state index contributed by atoms with van der Waals surface area (Å²) in [6, 6.07) is 12.4. The lowest BCUT2D eigenvalue weighted by Crippen LogP contribution is -2.05. The van der Waals surface area contributed by atoms with E-state index in [1.54, 1.807) is 24.3 Å². The monoisotopic (exact) mass is 271 g/mol. The first-order chi connectivity index (χ1) is 9.18. The Hall–Kier alpha value is -2.26. The van der Waals surface area contributed by atoms with E-state index in [-0.39, 0.29) is 21.8 Å². The molecule has 4 heteroatoms. The first-order valence-corrected chi connectivity index (χ1v) is 5.96. The Kier molecular flexibility index (Phi) is 2.76. The minimum Gasteiger partial charge on any atom is -0.507 e. The van der Waals surface area contributed by atoms with Gasteiger partial charge in [-0.2, -0.15) is 0 Å². The van der Waals surface area contributed by atoms with Crippen molar-refractivity contribution in [3.63, 3.8) is 0 Å². The van der Waals surface area contributed by atoms with E-state index in [9.17, 15) is 9.90 Å². The summed E-state index contributed by atoms with van der Waals surface area (Å²) in [5.74, 6) is 0.0211. The Bertz CT molecular complexity index is 821. The van der Waals surface area contributed by atoms with Crippen molar-refractivity contribution in [1.82, 2.24) is 0 Å². The number of hydrogen-bond acceptors (Lipinski definition) is 3. The molecule has 0 spiro atoms. The third kappa shape index (κ3) is 1.88. The van der Waals surface area contributed by atoms with Crippen molar-refractivity contribution in [3.8, 4) is 16.9 Å². The zero-order valence-corrected chi connectivity index (χ0v) is 10.4. The summed E-state index contributed by atoms with van der Waals surface area (Å²) in [4.78, 5) is 12.4. The predicted molar refractivity (Wildman–Crippen MR) is 73.4 cm³/mol. The Labute approximate surface area is 113 Å². The second-order valence-electron chi connectivity index (χ2n) is 4.04. The Balaban J connectivity index is 2.39. The van der Waals surface area contributed by atoms with Gasteiger partial charge < -0.3 is 9.52 Å². The average molecular weight is 272 g/mol. The number of rotatable bonds is 1. The SMILES string of the molecule is O=c1c(-c2ccccc2O)coc2c[c]cc(Cl)c12. The largest absolute Gasteiger partial charge is 0.507 e. The quantitative estimate of drug-likeness (QED) is 0.735. The molecule has 0 bridgehead atoms. The standard InChI is InChI=1S/C15H8ClO3/c16-11-5-3-7-13-14(11)15(18)10(8-19-13)9-4-1-2-6-12(9)17/h1-2,4-8,17H. The van der Waals surface area contributed by atoms with E-state index in [0.717, 1.165) is 0 Å². The van der Waals surface area contributed by atoms with Crippen LogP contribution in [0.2, 0.25) is 5.02 Å². The molecule has 0 aliphatic carbocycles. The summed E-state index contributed by atoms with van der Waals surface area (Å²) in [5, 5.41) is 10.4. The number of benzene rings is 2. The summed E-state index contributed by atoms with van der Waals surface area (Å²) < 4.78 is 5.39. The fraction of sp³-hybridized carbons (Fsp3) is 0. The molecule has 2 aromatic carbocycles. The van der Waals surface area contributed by atoms with E-state index in [4.69, 9.17) is 16.0 Å². The van der Waals surface area contributed by atoms with E-state index in [2.05, 4.69) is 6.07 Å². The van der Waals surface area contributed by atoms with Crippen molar-refractivity contribution >= 4 is 22.6 Å². The number of phenolic OH excluding ortho intramolecular Hbond substituents is 1. The fourth-order valence-electron chi connectivity index (χ4n) is 1.96. The van der Waals surface area contributed by atoms with Crippen molar-refractivity contribution in [3.05, 3.63) is 64.0 Å². The van der Waals surface area contributed by atoms with Gasteiger partial charge in [-0.1, -0.05) is 29.8 Å². The van der Waals surface area contributed by atoms with E-state index in [0.29, 0.717) is 16.5 Å². The molecule has 3 rings (SSSR count). The smallest absolute Gasteiger partial charge is 0.202 e. The molecule has 93 valence electrons. The molecule has 1 N–H and O–H groups in total. The molecule has 0 unspecified atom stereocenters. The lowest BCUT2D eigenvalue weighted by Gasteiger charge is -2.05. The summed E-state index contributed by atoms with van der Waals surface area (Å²) in [6.45, 7) is 0. The highest BCUT2D eigenvalue weighted by molar-refractivity contribution is 6.35. The van der Waals surface area contributed by atoms with Gasteiger partial charge in [0.2, 0.25) is 5.43 Å². The van der Waals surface area contributed by atoms with Crippen molar-refractivity contribution in [2.75, 3.05) is 0 Å². The molecule has 0 fully saturated rings. The van der Waals surface area contributed by atoms with Crippen LogP contribution in [0.1, 0.15) is 0 Å². The Morgan fingerprint density at radius 2 is 1.95 bits per heavy atom. The highest BCUT2D eigenvalue weighted by atomic mass is 35.5. The molecule has 1 radical (unpaired) electrons. The first-order valence-electron chi connectivity index (χ1n) is 5.58. The van der Waals surface area contributed by atoms with Gasteiger partial charge in [0.25, 0.3) is 0 Å². The topological polar surface area (TPSA) is 50.4 Å². The van der Waals surface area contributed by atoms with Crippen LogP contribution >= 0.6 is 11.6 Å². The first kappa shape index (κ1) is 11.8. The number of halogens is 1. The van der Waals surface area contributed by atoms with Crippen LogP contribution in [0.15, 0.2) is 51.9 Å². The van der Waals surface area contributed by atoms with Gasteiger partial charge in [-0.05, 0) is 24.3 Å². The van der Waals surface area contributed by atoms with Gasteiger partial charge in [0, 0.05) is 5.56 Å². The van der Waals surface area contributed by atoms with E-state index >= 15 is 0 Å². The minimum absolute atomic E-state index is 0.0211. The summed E-state index contributed by atoms with van der Waals surface area (Å²) in [5.41, 5.74) is 0.791. The van der Waals surface area contributed by atoms with Gasteiger partial charge in [0.1, 0.15) is 17.6 Å². The van der Waals surface area contributed by atoms with Gasteiger partial charge in [-0.15, -0.1) is 0 Å². The van der Waals surface area contributed by atoms with Gasteiger partial charge in [0.15, 0.2) is 0 Å². The van der Waals surface area contributed by atoms with Crippen molar-refractivity contribution in [1.29, 1.82) is 0 Å². The van der Waals surface area contributed by atoms with Crippen LogP contribution in [0, 0.1) is 6.07 Å². The molecule has 1 aromatic heterocycles. The second kappa shape index (κ2) is 4.44. The third-order valence-corrected chi connectivity index (χ3v) is 3.18. The Morgan fingerprint density at radius 3 is 2.74 bits per heavy atom. The Morgan fingerprint density at radius 1 is 1.16 bits per heavy atom. The molecule has 0 aliphatic heterocycles. The summed E-state index contributed by atoms with van der Waals surface area (Å²) in [7, 11) is 0. The number of hydrogen-bond donors (Lipinski definition) is 1. The van der Waals surface area contributed by atoms with E-state index in [1.807, 2.05) is 0 Å². The minimum atomic E-state index is -0.276. The molecule has 0 saturated heterocycles. The average Bonchev–Trinajstić information content (AvgIpc) is 2.40. The molecule has 19 heavy (non-hydrogen) atoms. The van der Waals surface area contributed by atoms with Crippen LogP contribution in [0.4, 0.5) is 0 Å². The number of phenols is 1. The van der Waals surface area contributed by atoms with Crippen LogP contribution < -0.4 is 5.43 Å². The molecule has 3 nitrogen and oxygen atoms in total. The molecule has 0 amide bonds. The van der Waals surface area contributed by atoms with Crippen LogP contribution in [0.3, 0.4) is 0 Å². The number of para-hydroxylation sites is 1. The van der Waals surface area contributed by atoms with Gasteiger partial charge >= 0.3 is 0 Å². The maximum atomic E-state index is 12.4. The van der Waals surface area contributed by atoms with Crippen LogP contribution in [-0.4, -0.2) is 5.11 Å². The van der Waals surface area contributed by atoms with E-state index < -0.39 is 0 Å². The maximum Gasteiger partial charge on any atom is 0.202 e. The molecule has 0 aliphatic rings. The zero-order valence-electron chi connectivity index (χ0n) is 9.68. The van der Waals surface area contributed by atoms with Crippen LogP contribution in [0.25, 0.3) is 22.1 Å². The zero-order chi connectivity index (χ0) is 13.4. The van der Waals surface area contributed by atoms with Gasteiger partial charge in [-0.25, -0.2) is 0 Å². The lowest BCUT2D eigenvalue weighted by atomic mass is 10.0. The molecule has 0 atom stereocenters. The molecule has 1 heterocycles. The van der Waals surface area contributed by atoms with Gasteiger partial charge in [0.05, 0.1) is 16.0 Å².